The van der Waals surface area contributed by atoms with Crippen molar-refractivity contribution in [2.75, 3.05) is 0 Å². The second kappa shape index (κ2) is 5.62. The standard InChI is InChI=1S/C13H15IN2O2S/c14-8-3-4-10(17)9(7-8)11(18)16-13(12(15)19)5-1-2-6-13/h3-4,7,17H,1-2,5-6H2,(H2,15,19)(H,16,18). The smallest absolute Gasteiger partial charge is 0.255 e. The van der Waals surface area contributed by atoms with Gasteiger partial charge in [-0.15, -0.1) is 0 Å². The Morgan fingerprint density at radius 3 is 2.63 bits per heavy atom. The molecule has 4 nitrogen and oxygen atoms in total. The number of benzene rings is 1. The maximum absolute atomic E-state index is 12.3. The monoisotopic (exact) mass is 390 g/mol. The van der Waals surface area contributed by atoms with E-state index in [0.717, 1.165) is 29.3 Å². The molecule has 0 saturated heterocycles. The fraction of sp³-hybridized carbons (Fsp3) is 0.385. The van der Waals surface area contributed by atoms with E-state index >= 15 is 0 Å². The third-order valence-corrected chi connectivity index (χ3v) is 4.55. The Balaban J connectivity index is 2.25. The third kappa shape index (κ3) is 3.00. The number of nitrogens with one attached hydrogen (secondary N) is 1. The molecule has 1 aliphatic rings. The van der Waals surface area contributed by atoms with Gasteiger partial charge in [0.2, 0.25) is 0 Å². The topological polar surface area (TPSA) is 75.3 Å². The average Bonchev–Trinajstić information content (AvgIpc) is 2.82. The first-order valence-electron chi connectivity index (χ1n) is 6.05. The van der Waals surface area contributed by atoms with Crippen LogP contribution in [0.1, 0.15) is 36.0 Å². The van der Waals surface area contributed by atoms with Gasteiger partial charge in [-0.3, -0.25) is 4.79 Å². The molecule has 0 unspecified atom stereocenters. The molecule has 1 amide bonds. The predicted octanol–water partition coefficient (Wildman–Crippen LogP) is 2.33. The molecule has 1 saturated carbocycles. The van der Waals surface area contributed by atoms with E-state index in [1.807, 2.05) is 0 Å². The van der Waals surface area contributed by atoms with Crippen molar-refractivity contribution in [1.29, 1.82) is 0 Å². The van der Waals surface area contributed by atoms with Crippen LogP contribution >= 0.6 is 34.8 Å². The van der Waals surface area contributed by atoms with Gasteiger partial charge < -0.3 is 16.2 Å². The van der Waals surface area contributed by atoms with E-state index in [-0.39, 0.29) is 17.2 Å². The largest absolute Gasteiger partial charge is 0.507 e. The minimum absolute atomic E-state index is 0.0333. The van der Waals surface area contributed by atoms with Crippen LogP contribution in [0, 0.1) is 3.57 Å². The molecule has 1 fully saturated rings. The summed E-state index contributed by atoms with van der Waals surface area (Å²) in [5, 5.41) is 12.7. The molecule has 0 bridgehead atoms. The number of rotatable bonds is 3. The van der Waals surface area contributed by atoms with E-state index in [1.54, 1.807) is 12.1 Å². The molecule has 0 radical (unpaired) electrons. The van der Waals surface area contributed by atoms with Crippen molar-refractivity contribution >= 4 is 45.7 Å². The number of carbonyl (C=O) groups is 1. The molecule has 0 aromatic heterocycles. The van der Waals surface area contributed by atoms with E-state index < -0.39 is 5.54 Å². The van der Waals surface area contributed by atoms with Crippen LogP contribution in [0.4, 0.5) is 0 Å². The summed E-state index contributed by atoms with van der Waals surface area (Å²) in [5.74, 6) is -0.361. The zero-order valence-corrected chi connectivity index (χ0v) is 13.3. The first-order chi connectivity index (χ1) is 8.94. The quantitative estimate of drug-likeness (QED) is 0.547. The number of thiocarbonyl (C=S) groups is 1. The van der Waals surface area contributed by atoms with Gasteiger partial charge in [0.1, 0.15) is 5.75 Å². The SMILES string of the molecule is NC(=S)C1(NC(=O)c2cc(I)ccc2O)CCCC1. The molecule has 1 aliphatic carbocycles. The maximum Gasteiger partial charge on any atom is 0.255 e. The fourth-order valence-corrected chi connectivity index (χ4v) is 3.13. The van der Waals surface area contributed by atoms with E-state index in [9.17, 15) is 9.90 Å². The lowest BCUT2D eigenvalue weighted by atomic mass is 9.97. The molecule has 0 spiro atoms. The second-order valence-corrected chi connectivity index (χ2v) is 6.45. The summed E-state index contributed by atoms with van der Waals surface area (Å²) in [6.07, 6.45) is 3.52. The molecule has 0 aliphatic heterocycles. The molecule has 2 rings (SSSR count). The molecule has 1 aromatic carbocycles. The number of amides is 1. The molecule has 1 aromatic rings. The number of hydrogen-bond acceptors (Lipinski definition) is 3. The Morgan fingerprint density at radius 1 is 1.42 bits per heavy atom. The van der Waals surface area contributed by atoms with Crippen molar-refractivity contribution in [3.8, 4) is 5.75 Å². The van der Waals surface area contributed by atoms with Crippen molar-refractivity contribution in [3.05, 3.63) is 27.3 Å². The summed E-state index contributed by atoms with van der Waals surface area (Å²) >= 11 is 7.19. The van der Waals surface area contributed by atoms with E-state index in [0.29, 0.717) is 4.99 Å². The summed E-state index contributed by atoms with van der Waals surface area (Å²) in [4.78, 5) is 12.6. The van der Waals surface area contributed by atoms with Gasteiger partial charge in [-0.2, -0.15) is 0 Å². The van der Waals surface area contributed by atoms with E-state index in [1.165, 1.54) is 6.07 Å². The highest BCUT2D eigenvalue weighted by molar-refractivity contribution is 14.1. The number of phenolic OH excluding ortho intramolecular Hbond substituents is 1. The highest BCUT2D eigenvalue weighted by atomic mass is 127. The van der Waals surface area contributed by atoms with Gasteiger partial charge >= 0.3 is 0 Å². The lowest BCUT2D eigenvalue weighted by Gasteiger charge is -2.29. The van der Waals surface area contributed by atoms with E-state index in [4.69, 9.17) is 18.0 Å². The van der Waals surface area contributed by atoms with E-state index in [2.05, 4.69) is 27.9 Å². The predicted molar refractivity (Wildman–Crippen MR) is 86.3 cm³/mol. The van der Waals surface area contributed by atoms with Crippen LogP contribution in [-0.2, 0) is 0 Å². The number of hydrogen-bond donors (Lipinski definition) is 3. The van der Waals surface area contributed by atoms with Gasteiger partial charge in [-0.25, -0.2) is 0 Å². The molecule has 4 N–H and O–H groups in total. The Morgan fingerprint density at radius 2 is 2.05 bits per heavy atom. The molecule has 6 heteroatoms. The van der Waals surface area contributed by atoms with Crippen LogP contribution in [0.5, 0.6) is 5.75 Å². The molecule has 19 heavy (non-hydrogen) atoms. The summed E-state index contributed by atoms with van der Waals surface area (Å²) in [5.41, 5.74) is 5.44. The Hall–Kier alpha value is -0.890. The lowest BCUT2D eigenvalue weighted by Crippen LogP contribution is -2.54. The van der Waals surface area contributed by atoms with Crippen molar-refractivity contribution in [3.63, 3.8) is 0 Å². The summed E-state index contributed by atoms with van der Waals surface area (Å²) in [6, 6.07) is 4.90. The van der Waals surface area contributed by atoms with Crippen molar-refractivity contribution in [2.24, 2.45) is 5.73 Å². The Bertz CT molecular complexity index is 527. The van der Waals surface area contributed by atoms with Crippen LogP contribution in [0.3, 0.4) is 0 Å². The lowest BCUT2D eigenvalue weighted by molar-refractivity contribution is 0.0921. The minimum Gasteiger partial charge on any atom is -0.507 e. The summed E-state index contributed by atoms with van der Waals surface area (Å²) < 4.78 is 0.886. The molecule has 102 valence electrons. The van der Waals surface area contributed by atoms with Crippen LogP contribution in [0.25, 0.3) is 0 Å². The van der Waals surface area contributed by atoms with Crippen LogP contribution < -0.4 is 11.1 Å². The van der Waals surface area contributed by atoms with Gasteiger partial charge in [0, 0.05) is 3.57 Å². The van der Waals surface area contributed by atoms with Crippen molar-refractivity contribution < 1.29 is 9.90 Å². The highest BCUT2D eigenvalue weighted by Crippen LogP contribution is 2.31. The Labute approximate surface area is 130 Å². The average molecular weight is 390 g/mol. The van der Waals surface area contributed by atoms with Gasteiger partial charge in [-0.1, -0.05) is 25.1 Å². The highest BCUT2D eigenvalue weighted by Gasteiger charge is 2.38. The van der Waals surface area contributed by atoms with Gasteiger partial charge in [0.15, 0.2) is 0 Å². The Kier molecular flexibility index (Phi) is 4.29. The number of halogens is 1. The van der Waals surface area contributed by atoms with Crippen LogP contribution in [0.15, 0.2) is 18.2 Å². The zero-order valence-electron chi connectivity index (χ0n) is 10.3. The van der Waals surface area contributed by atoms with Crippen LogP contribution in [0.2, 0.25) is 0 Å². The molecular weight excluding hydrogens is 375 g/mol. The number of nitrogens with two attached hydrogens (primary N) is 1. The number of aromatic hydroxyl groups is 1. The third-order valence-electron chi connectivity index (χ3n) is 3.48. The number of carbonyl (C=O) groups excluding carboxylic acids is 1. The molecular formula is C13H15IN2O2S. The van der Waals surface area contributed by atoms with Gasteiger partial charge in [-0.05, 0) is 53.6 Å². The zero-order chi connectivity index (χ0) is 14.0. The van der Waals surface area contributed by atoms with Gasteiger partial charge in [0.25, 0.3) is 5.91 Å². The minimum atomic E-state index is -0.597. The molecule has 0 heterocycles. The normalized spacial score (nSPS) is 17.1. The molecule has 0 atom stereocenters. The summed E-state index contributed by atoms with van der Waals surface area (Å²) in [6.45, 7) is 0. The fourth-order valence-electron chi connectivity index (χ4n) is 2.39. The van der Waals surface area contributed by atoms with Crippen molar-refractivity contribution in [1.82, 2.24) is 5.32 Å². The first kappa shape index (κ1) is 14.5. The van der Waals surface area contributed by atoms with Crippen molar-refractivity contribution in [2.45, 2.75) is 31.2 Å². The second-order valence-electron chi connectivity index (χ2n) is 4.77. The summed E-state index contributed by atoms with van der Waals surface area (Å²) in [7, 11) is 0. The van der Waals surface area contributed by atoms with Gasteiger partial charge in [0.05, 0.1) is 16.1 Å². The number of phenols is 1. The maximum atomic E-state index is 12.3. The van der Waals surface area contributed by atoms with Crippen LogP contribution in [-0.4, -0.2) is 21.5 Å². The first-order valence-corrected chi connectivity index (χ1v) is 7.54.